The van der Waals surface area contributed by atoms with Crippen LogP contribution in [0.15, 0.2) is 59.1 Å². The van der Waals surface area contributed by atoms with E-state index in [1.807, 2.05) is 50.2 Å². The van der Waals surface area contributed by atoms with Crippen molar-refractivity contribution in [1.29, 1.82) is 0 Å². The quantitative estimate of drug-likeness (QED) is 0.376. The average Bonchev–Trinajstić information content (AvgIpc) is 3.44. The zero-order valence-corrected chi connectivity index (χ0v) is 19.8. The van der Waals surface area contributed by atoms with Crippen LogP contribution >= 0.6 is 0 Å². The topological polar surface area (TPSA) is 139 Å². The smallest absolute Gasteiger partial charge is 0.254 e. The number of ether oxygens (including phenoxy) is 1. The maximum Gasteiger partial charge on any atom is 0.254 e. The molecule has 0 aliphatic rings. The van der Waals surface area contributed by atoms with Crippen LogP contribution in [0.5, 0.6) is 5.75 Å². The number of Topliss-reactive ketones (excluding diaryl/α,β-unsaturated/α-hetero) is 1. The number of amides is 1. The van der Waals surface area contributed by atoms with Crippen LogP contribution in [0, 0.1) is 0 Å². The van der Waals surface area contributed by atoms with Crippen molar-refractivity contribution in [3.63, 3.8) is 0 Å². The van der Waals surface area contributed by atoms with E-state index in [0.29, 0.717) is 28.5 Å². The summed E-state index contributed by atoms with van der Waals surface area (Å²) in [7, 11) is 1.60. The zero-order chi connectivity index (χ0) is 25.1. The van der Waals surface area contributed by atoms with Crippen molar-refractivity contribution in [3.05, 3.63) is 71.5 Å². The summed E-state index contributed by atoms with van der Waals surface area (Å²) in [6.07, 6.45) is 0.348. The van der Waals surface area contributed by atoms with E-state index in [4.69, 9.17) is 20.7 Å². The number of ketones is 1. The van der Waals surface area contributed by atoms with Crippen molar-refractivity contribution in [1.82, 2.24) is 14.9 Å². The number of hydrogen-bond donors (Lipinski definition) is 2. The number of aromatic nitrogens is 3. The molecule has 0 saturated heterocycles. The van der Waals surface area contributed by atoms with Crippen LogP contribution < -0.4 is 16.2 Å². The highest BCUT2D eigenvalue weighted by atomic mass is 16.5. The fourth-order valence-corrected chi connectivity index (χ4v) is 3.87. The van der Waals surface area contributed by atoms with E-state index in [1.165, 1.54) is 0 Å². The molecule has 1 amide bonds. The Bertz CT molecular complexity index is 1370. The van der Waals surface area contributed by atoms with Crippen molar-refractivity contribution < 1.29 is 18.8 Å². The predicted molar refractivity (Wildman–Crippen MR) is 132 cm³/mol. The van der Waals surface area contributed by atoms with Gasteiger partial charge in [-0.05, 0) is 31.5 Å². The van der Waals surface area contributed by atoms with E-state index in [2.05, 4.69) is 10.3 Å². The van der Waals surface area contributed by atoms with Gasteiger partial charge in [0.05, 0.1) is 13.5 Å². The summed E-state index contributed by atoms with van der Waals surface area (Å²) < 4.78 is 12.2. The Morgan fingerprint density at radius 1 is 1.06 bits per heavy atom. The van der Waals surface area contributed by atoms with E-state index in [1.54, 1.807) is 30.0 Å². The lowest BCUT2D eigenvalue weighted by Gasteiger charge is -2.06. The van der Waals surface area contributed by atoms with Gasteiger partial charge in [0, 0.05) is 29.7 Å². The van der Waals surface area contributed by atoms with Gasteiger partial charge in [0.1, 0.15) is 40.1 Å². The number of benzene rings is 2. The third-order valence-corrected chi connectivity index (χ3v) is 5.61. The number of rotatable bonds is 9. The zero-order valence-electron chi connectivity index (χ0n) is 19.8. The SMILES string of the molecule is COc1cccc(-c2cc(CC(=O)Cc3ccc(-c4nn(C(C)C)c(N)c4C(N)=O)cc3)on2)c1. The molecule has 2 heterocycles. The van der Waals surface area contributed by atoms with Gasteiger partial charge in [0.25, 0.3) is 5.91 Å². The Morgan fingerprint density at radius 2 is 1.80 bits per heavy atom. The van der Waals surface area contributed by atoms with Gasteiger partial charge in [-0.1, -0.05) is 41.6 Å². The molecule has 35 heavy (non-hydrogen) atoms. The van der Waals surface area contributed by atoms with Crippen LogP contribution in [0.4, 0.5) is 5.82 Å². The van der Waals surface area contributed by atoms with Crippen LogP contribution in [0.3, 0.4) is 0 Å². The lowest BCUT2D eigenvalue weighted by atomic mass is 10.0. The van der Waals surface area contributed by atoms with E-state index in [-0.39, 0.29) is 36.0 Å². The number of carbonyl (C=O) groups excluding carboxylic acids is 2. The molecule has 0 radical (unpaired) electrons. The normalized spacial score (nSPS) is 11.1. The summed E-state index contributed by atoms with van der Waals surface area (Å²) in [4.78, 5) is 24.6. The number of nitrogens with two attached hydrogens (primary N) is 2. The third kappa shape index (κ3) is 5.08. The second-order valence-electron chi connectivity index (χ2n) is 8.51. The largest absolute Gasteiger partial charge is 0.497 e. The Kier molecular flexibility index (Phi) is 6.68. The van der Waals surface area contributed by atoms with Crippen LogP contribution in [-0.4, -0.2) is 33.7 Å². The molecule has 4 N–H and O–H groups in total. The Labute approximate surface area is 202 Å². The molecule has 0 spiro atoms. The van der Waals surface area contributed by atoms with Gasteiger partial charge in [-0.3, -0.25) is 9.59 Å². The summed E-state index contributed by atoms with van der Waals surface area (Å²) in [6.45, 7) is 3.83. The molecule has 0 atom stereocenters. The lowest BCUT2D eigenvalue weighted by molar-refractivity contribution is -0.118. The monoisotopic (exact) mass is 473 g/mol. The first-order valence-corrected chi connectivity index (χ1v) is 11.2. The number of carbonyl (C=O) groups is 2. The minimum absolute atomic E-state index is 0.0164. The second-order valence-corrected chi connectivity index (χ2v) is 8.51. The van der Waals surface area contributed by atoms with Gasteiger partial charge in [0.15, 0.2) is 0 Å². The Morgan fingerprint density at radius 3 is 2.46 bits per heavy atom. The maximum absolute atomic E-state index is 12.6. The molecule has 0 aliphatic carbocycles. The Hall–Kier alpha value is -4.40. The fourth-order valence-electron chi connectivity index (χ4n) is 3.87. The number of anilines is 1. The summed E-state index contributed by atoms with van der Waals surface area (Å²) in [5, 5.41) is 8.55. The van der Waals surface area contributed by atoms with Crippen molar-refractivity contribution in [2.24, 2.45) is 5.73 Å². The van der Waals surface area contributed by atoms with Gasteiger partial charge in [-0.2, -0.15) is 5.10 Å². The molecule has 2 aromatic heterocycles. The molecule has 9 nitrogen and oxygen atoms in total. The van der Waals surface area contributed by atoms with Crippen LogP contribution in [0.25, 0.3) is 22.5 Å². The number of primary amides is 1. The van der Waals surface area contributed by atoms with E-state index in [9.17, 15) is 9.59 Å². The van der Waals surface area contributed by atoms with Crippen molar-refractivity contribution >= 4 is 17.5 Å². The molecule has 4 rings (SSSR count). The van der Waals surface area contributed by atoms with Gasteiger partial charge >= 0.3 is 0 Å². The van der Waals surface area contributed by atoms with Gasteiger partial charge in [-0.25, -0.2) is 4.68 Å². The summed E-state index contributed by atoms with van der Waals surface area (Å²) in [6, 6.07) is 16.4. The number of nitrogens with zero attached hydrogens (tertiary/aromatic N) is 3. The van der Waals surface area contributed by atoms with Crippen molar-refractivity contribution in [2.45, 2.75) is 32.7 Å². The van der Waals surface area contributed by atoms with E-state index < -0.39 is 5.91 Å². The molecular weight excluding hydrogens is 446 g/mol. The summed E-state index contributed by atoms with van der Waals surface area (Å²) in [5.74, 6) is 0.793. The molecule has 0 bridgehead atoms. The van der Waals surface area contributed by atoms with Crippen molar-refractivity contribution in [3.8, 4) is 28.3 Å². The summed E-state index contributed by atoms with van der Waals surface area (Å²) >= 11 is 0. The molecule has 0 unspecified atom stereocenters. The summed E-state index contributed by atoms with van der Waals surface area (Å²) in [5.41, 5.74) is 15.3. The van der Waals surface area contributed by atoms with E-state index in [0.717, 1.165) is 11.1 Å². The second kappa shape index (κ2) is 9.84. The molecule has 0 fully saturated rings. The minimum Gasteiger partial charge on any atom is -0.497 e. The molecule has 0 aliphatic heterocycles. The van der Waals surface area contributed by atoms with Crippen LogP contribution in [0.1, 0.15) is 41.6 Å². The average molecular weight is 474 g/mol. The Balaban J connectivity index is 1.45. The van der Waals surface area contributed by atoms with Crippen molar-refractivity contribution in [2.75, 3.05) is 12.8 Å². The van der Waals surface area contributed by atoms with Crippen LogP contribution in [-0.2, 0) is 17.6 Å². The maximum atomic E-state index is 12.6. The first-order chi connectivity index (χ1) is 16.8. The number of nitrogen functional groups attached to an aromatic ring is 1. The third-order valence-electron chi connectivity index (χ3n) is 5.61. The first-order valence-electron chi connectivity index (χ1n) is 11.2. The highest BCUT2D eigenvalue weighted by Gasteiger charge is 2.22. The van der Waals surface area contributed by atoms with Crippen LogP contribution in [0.2, 0.25) is 0 Å². The molecule has 9 heteroatoms. The molecule has 0 saturated carbocycles. The first kappa shape index (κ1) is 23.7. The lowest BCUT2D eigenvalue weighted by Crippen LogP contribution is -2.15. The fraction of sp³-hybridized carbons (Fsp3) is 0.231. The number of hydrogen-bond acceptors (Lipinski definition) is 7. The molecule has 2 aromatic carbocycles. The molecule has 4 aromatic rings. The van der Waals surface area contributed by atoms with Gasteiger partial charge in [0.2, 0.25) is 0 Å². The van der Waals surface area contributed by atoms with Gasteiger partial charge in [-0.15, -0.1) is 0 Å². The van der Waals surface area contributed by atoms with E-state index >= 15 is 0 Å². The standard InChI is InChI=1S/C26H27N5O4/c1-15(2)31-25(27)23(26(28)33)24(29-31)17-9-7-16(8-10-17)11-19(32)13-21-14-22(30-35-21)18-5-4-6-20(12-18)34-3/h4-10,12,14-15H,11,13,27H2,1-3H3,(H2,28,33). The number of methoxy groups -OCH3 is 1. The predicted octanol–water partition coefficient (Wildman–Crippen LogP) is 3.83. The highest BCUT2D eigenvalue weighted by Crippen LogP contribution is 2.29. The highest BCUT2D eigenvalue weighted by molar-refractivity contribution is 6.03. The minimum atomic E-state index is -0.635. The van der Waals surface area contributed by atoms with Gasteiger partial charge < -0.3 is 20.7 Å². The molecule has 180 valence electrons. The molecular formula is C26H27N5O4.